The van der Waals surface area contributed by atoms with Crippen LogP contribution in [0.3, 0.4) is 0 Å². The number of nitrogens with zero attached hydrogens (tertiary/aromatic N) is 1. The van der Waals surface area contributed by atoms with Crippen molar-refractivity contribution in [2.45, 2.75) is 38.8 Å². The molecular formula is C12H24N2O. The van der Waals surface area contributed by atoms with Crippen molar-refractivity contribution in [1.29, 1.82) is 0 Å². The lowest BCUT2D eigenvalue weighted by atomic mass is 9.84. The van der Waals surface area contributed by atoms with E-state index in [1.165, 1.54) is 32.5 Å². The number of hydrogen-bond donors (Lipinski definition) is 1. The molecule has 2 bridgehead atoms. The van der Waals surface area contributed by atoms with Crippen LogP contribution >= 0.6 is 0 Å². The average Bonchev–Trinajstić information content (AvgIpc) is 2.26. The molecule has 3 heterocycles. The van der Waals surface area contributed by atoms with E-state index in [9.17, 15) is 0 Å². The van der Waals surface area contributed by atoms with Crippen LogP contribution in [0.1, 0.15) is 26.7 Å². The van der Waals surface area contributed by atoms with Gasteiger partial charge in [-0.25, -0.2) is 0 Å². The van der Waals surface area contributed by atoms with Gasteiger partial charge in [-0.3, -0.25) is 0 Å². The van der Waals surface area contributed by atoms with E-state index in [0.29, 0.717) is 6.10 Å². The standard InChI is InChI=1S/C12H24N2O/c1-10(2)15-8-5-13-12-9-14-6-3-11(12)4-7-14/h10-13H,3-9H2,1-2H3. The minimum atomic E-state index is 0.360. The van der Waals surface area contributed by atoms with Crippen LogP contribution in [0.25, 0.3) is 0 Å². The molecule has 0 amide bonds. The van der Waals surface area contributed by atoms with Gasteiger partial charge in [-0.2, -0.15) is 0 Å². The van der Waals surface area contributed by atoms with Crippen LogP contribution in [0.4, 0.5) is 0 Å². The van der Waals surface area contributed by atoms with E-state index in [1.54, 1.807) is 0 Å². The molecule has 3 rings (SSSR count). The predicted octanol–water partition coefficient (Wildman–Crippen LogP) is 1.10. The van der Waals surface area contributed by atoms with Crippen molar-refractivity contribution in [2.24, 2.45) is 5.92 Å². The first-order valence-electron chi connectivity index (χ1n) is 6.33. The Kier molecular flexibility index (Phi) is 4.00. The van der Waals surface area contributed by atoms with E-state index in [-0.39, 0.29) is 0 Å². The Bertz CT molecular complexity index is 188. The van der Waals surface area contributed by atoms with Gasteiger partial charge in [-0.05, 0) is 45.7 Å². The molecule has 3 aliphatic heterocycles. The van der Waals surface area contributed by atoms with Gasteiger partial charge >= 0.3 is 0 Å². The Balaban J connectivity index is 1.63. The van der Waals surface area contributed by atoms with E-state index in [4.69, 9.17) is 4.74 Å². The van der Waals surface area contributed by atoms with Crippen LogP contribution in [-0.4, -0.2) is 49.8 Å². The van der Waals surface area contributed by atoms with Gasteiger partial charge in [0, 0.05) is 19.1 Å². The lowest BCUT2D eigenvalue weighted by Gasteiger charge is -2.45. The van der Waals surface area contributed by atoms with Crippen molar-refractivity contribution in [1.82, 2.24) is 10.2 Å². The summed E-state index contributed by atoms with van der Waals surface area (Å²) in [5.41, 5.74) is 0. The van der Waals surface area contributed by atoms with Crippen LogP contribution < -0.4 is 5.32 Å². The highest BCUT2D eigenvalue weighted by atomic mass is 16.5. The van der Waals surface area contributed by atoms with Gasteiger partial charge in [0.25, 0.3) is 0 Å². The molecule has 1 unspecified atom stereocenters. The first kappa shape index (κ1) is 11.4. The van der Waals surface area contributed by atoms with Crippen LogP contribution in [0, 0.1) is 5.92 Å². The molecule has 3 aliphatic rings. The summed E-state index contributed by atoms with van der Waals surface area (Å²) >= 11 is 0. The molecule has 1 N–H and O–H groups in total. The van der Waals surface area contributed by atoms with Crippen molar-refractivity contribution >= 4 is 0 Å². The summed E-state index contributed by atoms with van der Waals surface area (Å²) in [4.78, 5) is 2.58. The zero-order chi connectivity index (χ0) is 10.7. The molecule has 0 aromatic heterocycles. The highest BCUT2D eigenvalue weighted by molar-refractivity contribution is 4.90. The summed E-state index contributed by atoms with van der Waals surface area (Å²) in [6.07, 6.45) is 3.14. The lowest BCUT2D eigenvalue weighted by Crippen LogP contribution is -2.56. The highest BCUT2D eigenvalue weighted by Crippen LogP contribution is 2.27. The van der Waals surface area contributed by atoms with Gasteiger partial charge in [-0.15, -0.1) is 0 Å². The fraction of sp³-hybridized carbons (Fsp3) is 1.00. The van der Waals surface area contributed by atoms with Crippen molar-refractivity contribution in [3.05, 3.63) is 0 Å². The molecule has 0 radical (unpaired) electrons. The van der Waals surface area contributed by atoms with E-state index in [1.807, 2.05) is 0 Å². The number of piperidine rings is 3. The van der Waals surface area contributed by atoms with E-state index in [2.05, 4.69) is 24.1 Å². The maximum absolute atomic E-state index is 5.54. The third-order valence-corrected chi connectivity index (χ3v) is 3.62. The summed E-state index contributed by atoms with van der Waals surface area (Å²) in [5.74, 6) is 0.925. The fourth-order valence-electron chi connectivity index (χ4n) is 2.74. The molecule has 15 heavy (non-hydrogen) atoms. The molecule has 3 fully saturated rings. The van der Waals surface area contributed by atoms with E-state index < -0.39 is 0 Å². The number of ether oxygens (including phenoxy) is 1. The monoisotopic (exact) mass is 212 g/mol. The summed E-state index contributed by atoms with van der Waals surface area (Å²) in [5, 5.41) is 3.64. The summed E-state index contributed by atoms with van der Waals surface area (Å²) in [6, 6.07) is 0.725. The van der Waals surface area contributed by atoms with Crippen LogP contribution in [0.5, 0.6) is 0 Å². The Morgan fingerprint density at radius 1 is 1.33 bits per heavy atom. The second-order valence-electron chi connectivity index (χ2n) is 5.12. The van der Waals surface area contributed by atoms with Crippen molar-refractivity contribution in [2.75, 3.05) is 32.8 Å². The molecular weight excluding hydrogens is 188 g/mol. The molecule has 3 nitrogen and oxygen atoms in total. The second kappa shape index (κ2) is 5.28. The smallest absolute Gasteiger partial charge is 0.0594 e. The van der Waals surface area contributed by atoms with Crippen molar-refractivity contribution < 1.29 is 4.74 Å². The second-order valence-corrected chi connectivity index (χ2v) is 5.12. The number of fused-ring (bicyclic) bond motifs is 3. The number of hydrogen-bond acceptors (Lipinski definition) is 3. The normalized spacial score (nSPS) is 35.0. The minimum Gasteiger partial charge on any atom is -0.377 e. The Morgan fingerprint density at radius 3 is 2.60 bits per heavy atom. The first-order chi connectivity index (χ1) is 7.25. The topological polar surface area (TPSA) is 24.5 Å². The number of rotatable bonds is 5. The molecule has 3 heteroatoms. The molecule has 0 spiro atoms. The minimum absolute atomic E-state index is 0.360. The summed E-state index contributed by atoms with van der Waals surface area (Å²) < 4.78 is 5.54. The van der Waals surface area contributed by atoms with Gasteiger partial charge in [0.15, 0.2) is 0 Å². The molecule has 1 atom stereocenters. The van der Waals surface area contributed by atoms with Crippen molar-refractivity contribution in [3.63, 3.8) is 0 Å². The van der Waals surface area contributed by atoms with Gasteiger partial charge in [0.1, 0.15) is 0 Å². The lowest BCUT2D eigenvalue weighted by molar-refractivity contribution is 0.0530. The van der Waals surface area contributed by atoms with Gasteiger partial charge in [-0.1, -0.05) is 0 Å². The maximum atomic E-state index is 5.54. The molecule has 0 aromatic rings. The van der Waals surface area contributed by atoms with E-state index >= 15 is 0 Å². The maximum Gasteiger partial charge on any atom is 0.0594 e. The average molecular weight is 212 g/mol. The molecule has 3 saturated heterocycles. The van der Waals surface area contributed by atoms with Crippen LogP contribution in [0.15, 0.2) is 0 Å². The van der Waals surface area contributed by atoms with Gasteiger partial charge < -0.3 is 15.0 Å². The van der Waals surface area contributed by atoms with Gasteiger partial charge in [0.05, 0.1) is 12.7 Å². The van der Waals surface area contributed by atoms with Crippen LogP contribution in [-0.2, 0) is 4.74 Å². The third-order valence-electron chi connectivity index (χ3n) is 3.62. The van der Waals surface area contributed by atoms with Crippen LogP contribution in [0.2, 0.25) is 0 Å². The molecule has 0 aromatic carbocycles. The largest absolute Gasteiger partial charge is 0.377 e. The fourth-order valence-corrected chi connectivity index (χ4v) is 2.74. The molecule has 0 aliphatic carbocycles. The number of nitrogens with one attached hydrogen (secondary N) is 1. The first-order valence-corrected chi connectivity index (χ1v) is 6.33. The van der Waals surface area contributed by atoms with Gasteiger partial charge in [0.2, 0.25) is 0 Å². The Labute approximate surface area is 93.2 Å². The van der Waals surface area contributed by atoms with E-state index in [0.717, 1.165) is 25.1 Å². The molecule has 88 valence electrons. The predicted molar refractivity (Wildman–Crippen MR) is 62.0 cm³/mol. The highest BCUT2D eigenvalue weighted by Gasteiger charge is 2.33. The molecule has 0 saturated carbocycles. The quantitative estimate of drug-likeness (QED) is 0.691. The van der Waals surface area contributed by atoms with Crippen molar-refractivity contribution in [3.8, 4) is 0 Å². The SMILES string of the molecule is CC(C)OCCNC1CN2CCC1CC2. The summed E-state index contributed by atoms with van der Waals surface area (Å²) in [7, 11) is 0. The zero-order valence-corrected chi connectivity index (χ0v) is 10.0. The Hall–Kier alpha value is -0.120. The summed E-state index contributed by atoms with van der Waals surface area (Å²) in [6.45, 7) is 9.94. The third kappa shape index (κ3) is 3.16. The zero-order valence-electron chi connectivity index (χ0n) is 10.0. The Morgan fingerprint density at radius 2 is 2.07 bits per heavy atom.